The van der Waals surface area contributed by atoms with E-state index in [0.717, 1.165) is 21.3 Å². The summed E-state index contributed by atoms with van der Waals surface area (Å²) in [6.45, 7) is 4.39. The zero-order chi connectivity index (χ0) is 17.1. The quantitative estimate of drug-likeness (QED) is 0.654. The molecule has 0 bridgehead atoms. The largest absolute Gasteiger partial charge is 0.311 e. The van der Waals surface area contributed by atoms with Gasteiger partial charge in [0.1, 0.15) is 0 Å². The first kappa shape index (κ1) is 16.9. The first-order chi connectivity index (χ1) is 11.6. The van der Waals surface area contributed by atoms with Crippen LogP contribution in [0.2, 0.25) is 0 Å². The molecule has 1 fully saturated rings. The maximum atomic E-state index is 12.4. The number of aromatic nitrogens is 2. The third-order valence-corrected chi connectivity index (χ3v) is 5.66. The Balaban J connectivity index is 1.66. The van der Waals surface area contributed by atoms with E-state index < -0.39 is 0 Å². The topological polar surface area (TPSA) is 75.2 Å². The lowest BCUT2D eigenvalue weighted by molar-refractivity contribution is -0.122. The van der Waals surface area contributed by atoms with Crippen LogP contribution in [0.1, 0.15) is 18.9 Å². The zero-order valence-corrected chi connectivity index (χ0v) is 15.1. The van der Waals surface area contributed by atoms with Crippen LogP contribution in [0.15, 0.2) is 28.6 Å². The third-order valence-electron chi connectivity index (χ3n) is 3.81. The molecule has 1 aromatic carbocycles. The Kier molecular flexibility index (Phi) is 5.15. The summed E-state index contributed by atoms with van der Waals surface area (Å²) in [4.78, 5) is 26.4. The number of nitrogens with one attached hydrogen (secondary N) is 1. The van der Waals surface area contributed by atoms with Gasteiger partial charge in [0.05, 0.1) is 5.92 Å². The lowest BCUT2D eigenvalue weighted by atomic mass is 10.1. The standard InChI is InChI=1S/C16H18N4O2S2/c1-3-23-16-19-18-15(24-16)17-14(22)11-8-13(21)20(9-11)12-7-5-4-6-10(12)2/h4-7,11H,3,8-9H2,1-2H3,(H,17,18,22)/t11-/m1/s1. The van der Waals surface area contributed by atoms with E-state index in [1.54, 1.807) is 16.7 Å². The molecule has 1 aromatic heterocycles. The van der Waals surface area contributed by atoms with Gasteiger partial charge in [-0.15, -0.1) is 10.2 Å². The minimum atomic E-state index is -0.372. The molecule has 2 heterocycles. The molecule has 1 aliphatic heterocycles. The summed E-state index contributed by atoms with van der Waals surface area (Å²) >= 11 is 2.94. The number of carbonyl (C=O) groups is 2. The smallest absolute Gasteiger partial charge is 0.231 e. The van der Waals surface area contributed by atoms with Gasteiger partial charge in [0.25, 0.3) is 0 Å². The Hall–Kier alpha value is -1.93. The van der Waals surface area contributed by atoms with Gasteiger partial charge in [-0.2, -0.15) is 0 Å². The van der Waals surface area contributed by atoms with Gasteiger partial charge in [-0.25, -0.2) is 0 Å². The Morgan fingerprint density at radius 1 is 1.42 bits per heavy atom. The van der Waals surface area contributed by atoms with Crippen LogP contribution in [0.4, 0.5) is 10.8 Å². The molecule has 2 aromatic rings. The molecule has 126 valence electrons. The molecule has 8 heteroatoms. The molecular formula is C16H18N4O2S2. The number of hydrogen-bond acceptors (Lipinski definition) is 6. The Labute approximate surface area is 148 Å². The van der Waals surface area contributed by atoms with E-state index in [0.29, 0.717) is 11.7 Å². The van der Waals surface area contributed by atoms with Gasteiger partial charge >= 0.3 is 0 Å². The number of anilines is 2. The van der Waals surface area contributed by atoms with Crippen LogP contribution in [0.25, 0.3) is 0 Å². The summed E-state index contributed by atoms with van der Waals surface area (Å²) in [5.74, 6) is 0.335. The second-order valence-electron chi connectivity index (χ2n) is 5.49. The zero-order valence-electron chi connectivity index (χ0n) is 13.5. The number of para-hydroxylation sites is 1. The summed E-state index contributed by atoms with van der Waals surface area (Å²) < 4.78 is 0.830. The van der Waals surface area contributed by atoms with Crippen molar-refractivity contribution in [1.82, 2.24) is 10.2 Å². The van der Waals surface area contributed by atoms with Crippen molar-refractivity contribution >= 4 is 45.7 Å². The van der Waals surface area contributed by atoms with Crippen LogP contribution in [0.3, 0.4) is 0 Å². The molecule has 0 spiro atoms. The van der Waals surface area contributed by atoms with Crippen LogP contribution in [0, 0.1) is 12.8 Å². The van der Waals surface area contributed by atoms with Crippen LogP contribution in [0.5, 0.6) is 0 Å². The second kappa shape index (κ2) is 7.31. The number of carbonyl (C=O) groups excluding carboxylic acids is 2. The van der Waals surface area contributed by atoms with Gasteiger partial charge in [0, 0.05) is 18.7 Å². The third kappa shape index (κ3) is 3.59. The molecule has 0 saturated carbocycles. The van der Waals surface area contributed by atoms with Gasteiger partial charge in [-0.05, 0) is 24.3 Å². The fraction of sp³-hybridized carbons (Fsp3) is 0.375. The summed E-state index contributed by atoms with van der Waals surface area (Å²) in [5.41, 5.74) is 1.90. The average molecular weight is 362 g/mol. The maximum absolute atomic E-state index is 12.4. The summed E-state index contributed by atoms with van der Waals surface area (Å²) in [6.07, 6.45) is 0.218. The minimum absolute atomic E-state index is 0.0241. The van der Waals surface area contributed by atoms with E-state index in [-0.39, 0.29) is 24.2 Å². The van der Waals surface area contributed by atoms with Gasteiger partial charge in [-0.3, -0.25) is 9.59 Å². The van der Waals surface area contributed by atoms with Gasteiger partial charge in [0.2, 0.25) is 16.9 Å². The molecule has 3 rings (SSSR count). The fourth-order valence-electron chi connectivity index (χ4n) is 2.63. The van der Waals surface area contributed by atoms with Crippen molar-refractivity contribution in [1.29, 1.82) is 0 Å². The molecule has 0 aliphatic carbocycles. The summed E-state index contributed by atoms with van der Waals surface area (Å²) in [5, 5.41) is 11.3. The van der Waals surface area contributed by atoms with Crippen LogP contribution >= 0.6 is 23.1 Å². The van der Waals surface area contributed by atoms with E-state index in [1.165, 1.54) is 11.3 Å². The lowest BCUT2D eigenvalue weighted by Crippen LogP contribution is -2.28. The highest BCUT2D eigenvalue weighted by molar-refractivity contribution is 8.01. The van der Waals surface area contributed by atoms with Crippen molar-refractivity contribution in [2.24, 2.45) is 5.92 Å². The molecule has 1 N–H and O–H groups in total. The van der Waals surface area contributed by atoms with Gasteiger partial charge < -0.3 is 10.2 Å². The molecule has 6 nitrogen and oxygen atoms in total. The summed E-state index contributed by atoms with van der Waals surface area (Å²) in [7, 11) is 0. The Morgan fingerprint density at radius 3 is 2.96 bits per heavy atom. The fourth-order valence-corrected chi connectivity index (χ4v) is 4.28. The van der Waals surface area contributed by atoms with E-state index in [9.17, 15) is 9.59 Å². The summed E-state index contributed by atoms with van der Waals surface area (Å²) in [6, 6.07) is 7.71. The molecule has 0 unspecified atom stereocenters. The Morgan fingerprint density at radius 2 is 2.21 bits per heavy atom. The van der Waals surface area contributed by atoms with Crippen molar-refractivity contribution < 1.29 is 9.59 Å². The maximum Gasteiger partial charge on any atom is 0.231 e. The second-order valence-corrected chi connectivity index (χ2v) is 7.98. The number of thioether (sulfide) groups is 1. The highest BCUT2D eigenvalue weighted by Gasteiger charge is 2.35. The lowest BCUT2D eigenvalue weighted by Gasteiger charge is -2.18. The highest BCUT2D eigenvalue weighted by Crippen LogP contribution is 2.29. The molecule has 1 atom stereocenters. The predicted molar refractivity (Wildman–Crippen MR) is 96.6 cm³/mol. The number of benzene rings is 1. The van der Waals surface area contributed by atoms with Crippen LogP contribution in [-0.4, -0.2) is 34.3 Å². The first-order valence-electron chi connectivity index (χ1n) is 7.71. The monoisotopic (exact) mass is 362 g/mol. The van der Waals surface area contributed by atoms with Crippen molar-refractivity contribution in [2.75, 3.05) is 22.5 Å². The van der Waals surface area contributed by atoms with E-state index in [4.69, 9.17) is 0 Å². The normalized spacial score (nSPS) is 17.3. The van der Waals surface area contributed by atoms with Gasteiger partial charge in [-0.1, -0.05) is 48.2 Å². The SMILES string of the molecule is CCSc1nnc(NC(=O)[C@@H]2CC(=O)N(c3ccccc3C)C2)s1. The van der Waals surface area contributed by atoms with Crippen LogP contribution < -0.4 is 10.2 Å². The van der Waals surface area contributed by atoms with E-state index in [2.05, 4.69) is 15.5 Å². The Bertz CT molecular complexity index is 762. The minimum Gasteiger partial charge on any atom is -0.311 e. The van der Waals surface area contributed by atoms with Crippen molar-refractivity contribution in [3.63, 3.8) is 0 Å². The van der Waals surface area contributed by atoms with Gasteiger partial charge in [0.15, 0.2) is 4.34 Å². The number of amides is 2. The van der Waals surface area contributed by atoms with E-state index >= 15 is 0 Å². The van der Waals surface area contributed by atoms with Crippen LogP contribution in [-0.2, 0) is 9.59 Å². The number of nitrogens with zero attached hydrogens (tertiary/aromatic N) is 3. The average Bonchev–Trinajstić information content (AvgIpc) is 3.15. The van der Waals surface area contributed by atoms with E-state index in [1.807, 2.05) is 38.1 Å². The molecule has 24 heavy (non-hydrogen) atoms. The van der Waals surface area contributed by atoms with Crippen molar-refractivity contribution in [2.45, 2.75) is 24.6 Å². The predicted octanol–water partition coefficient (Wildman–Crippen LogP) is 2.95. The molecule has 2 amide bonds. The van der Waals surface area contributed by atoms with Crippen molar-refractivity contribution in [3.8, 4) is 0 Å². The number of hydrogen-bond donors (Lipinski definition) is 1. The molecule has 1 aliphatic rings. The highest BCUT2D eigenvalue weighted by atomic mass is 32.2. The number of aryl methyl sites for hydroxylation is 1. The first-order valence-corrected chi connectivity index (χ1v) is 9.52. The number of rotatable bonds is 5. The molecule has 1 saturated heterocycles. The molecule has 0 radical (unpaired) electrons. The molecular weight excluding hydrogens is 344 g/mol. The van der Waals surface area contributed by atoms with Crippen molar-refractivity contribution in [3.05, 3.63) is 29.8 Å².